The van der Waals surface area contributed by atoms with Crippen molar-refractivity contribution in [3.8, 4) is 0 Å². The molecule has 0 radical (unpaired) electrons. The van der Waals surface area contributed by atoms with Crippen LogP contribution in [0.1, 0.15) is 18.9 Å². The van der Waals surface area contributed by atoms with Crippen LogP contribution in [0.2, 0.25) is 0 Å². The molecule has 1 aliphatic rings. The van der Waals surface area contributed by atoms with Crippen molar-refractivity contribution in [3.63, 3.8) is 0 Å². The van der Waals surface area contributed by atoms with E-state index in [1.807, 2.05) is 18.2 Å². The van der Waals surface area contributed by atoms with E-state index in [0.29, 0.717) is 39.2 Å². The largest absolute Gasteiger partial charge is 0.368 e. The van der Waals surface area contributed by atoms with Crippen LogP contribution in [0.15, 0.2) is 43.0 Å². The van der Waals surface area contributed by atoms with Gasteiger partial charge in [-0.15, -0.1) is 6.58 Å². The molecule has 1 atom stereocenters. The summed E-state index contributed by atoms with van der Waals surface area (Å²) in [5, 5.41) is 0. The topological polar surface area (TPSA) is 66.9 Å². The van der Waals surface area contributed by atoms with E-state index in [1.165, 1.54) is 4.31 Å². The normalized spacial score (nSPS) is 17.2. The predicted octanol–water partition coefficient (Wildman–Crippen LogP) is 1.64. The van der Waals surface area contributed by atoms with Crippen molar-refractivity contribution in [1.82, 2.24) is 9.21 Å². The van der Waals surface area contributed by atoms with Crippen molar-refractivity contribution in [1.29, 1.82) is 0 Å². The zero-order valence-electron chi connectivity index (χ0n) is 14.6. The van der Waals surface area contributed by atoms with Crippen molar-refractivity contribution in [2.24, 2.45) is 0 Å². The smallest absolute Gasteiger partial charge is 0.251 e. The molecule has 7 heteroatoms. The molecular formula is C18H26N2O4S. The van der Waals surface area contributed by atoms with Crippen molar-refractivity contribution < 1.29 is 17.9 Å². The van der Waals surface area contributed by atoms with Gasteiger partial charge in [-0.2, -0.15) is 4.31 Å². The van der Waals surface area contributed by atoms with Crippen LogP contribution in [0.3, 0.4) is 0 Å². The Morgan fingerprint density at radius 2 is 1.88 bits per heavy atom. The molecule has 1 fully saturated rings. The molecule has 1 heterocycles. The highest BCUT2D eigenvalue weighted by Crippen LogP contribution is 2.14. The van der Waals surface area contributed by atoms with E-state index in [1.54, 1.807) is 30.0 Å². The van der Waals surface area contributed by atoms with Gasteiger partial charge >= 0.3 is 0 Å². The Bertz CT molecular complexity index is 668. The number of nitrogens with zero attached hydrogens (tertiary/aromatic N) is 2. The monoisotopic (exact) mass is 366 g/mol. The highest BCUT2D eigenvalue weighted by molar-refractivity contribution is 7.88. The molecule has 0 saturated carbocycles. The summed E-state index contributed by atoms with van der Waals surface area (Å²) in [4.78, 5) is 14.0. The van der Waals surface area contributed by atoms with Crippen LogP contribution < -0.4 is 0 Å². The van der Waals surface area contributed by atoms with Gasteiger partial charge in [-0.1, -0.05) is 36.4 Å². The standard InChI is InChI=1S/C18H26N2O4S/c1-3-4-14-24-16(2)18(21)19-10-12-20(13-11-19)25(22,23)15-17-8-6-5-7-9-17/h3,5-9,16H,1,4,10-15H2,2H3. The molecule has 0 bridgehead atoms. The number of carbonyl (C=O) groups excluding carboxylic acids is 1. The zero-order valence-corrected chi connectivity index (χ0v) is 15.5. The second-order valence-electron chi connectivity index (χ2n) is 6.06. The number of rotatable bonds is 8. The lowest BCUT2D eigenvalue weighted by Crippen LogP contribution is -2.53. The number of hydrogen-bond acceptors (Lipinski definition) is 4. The number of hydrogen-bond donors (Lipinski definition) is 0. The molecular weight excluding hydrogens is 340 g/mol. The average Bonchev–Trinajstić information content (AvgIpc) is 2.62. The first-order valence-electron chi connectivity index (χ1n) is 8.47. The number of carbonyl (C=O) groups is 1. The van der Waals surface area contributed by atoms with Gasteiger partial charge in [0, 0.05) is 26.2 Å². The second-order valence-corrected chi connectivity index (χ2v) is 8.03. The molecule has 0 aromatic heterocycles. The molecule has 1 unspecified atom stereocenters. The maximum atomic E-state index is 12.5. The van der Waals surface area contributed by atoms with E-state index < -0.39 is 16.1 Å². The van der Waals surface area contributed by atoms with Crippen LogP contribution in [-0.2, 0) is 25.3 Å². The second kappa shape index (κ2) is 9.12. The summed E-state index contributed by atoms with van der Waals surface area (Å²) in [6, 6.07) is 9.13. The lowest BCUT2D eigenvalue weighted by atomic mass is 10.2. The Labute approximate surface area is 150 Å². The van der Waals surface area contributed by atoms with Crippen LogP contribution in [0.5, 0.6) is 0 Å². The van der Waals surface area contributed by atoms with Gasteiger partial charge in [0.15, 0.2) is 0 Å². The van der Waals surface area contributed by atoms with Crippen LogP contribution in [0.25, 0.3) is 0 Å². The van der Waals surface area contributed by atoms with Gasteiger partial charge in [-0.3, -0.25) is 4.79 Å². The molecule has 1 saturated heterocycles. The summed E-state index contributed by atoms with van der Waals surface area (Å²) in [5.41, 5.74) is 0.769. The maximum absolute atomic E-state index is 12.5. The zero-order chi connectivity index (χ0) is 18.3. The minimum absolute atomic E-state index is 0.0111. The minimum atomic E-state index is -3.37. The van der Waals surface area contributed by atoms with Gasteiger partial charge in [-0.25, -0.2) is 8.42 Å². The lowest BCUT2D eigenvalue weighted by Gasteiger charge is -2.35. The molecule has 1 aromatic rings. The maximum Gasteiger partial charge on any atom is 0.251 e. The highest BCUT2D eigenvalue weighted by Gasteiger charge is 2.30. The summed E-state index contributed by atoms with van der Waals surface area (Å²) in [5.74, 6) is -0.104. The molecule has 1 aromatic carbocycles. The Kier molecular flexibility index (Phi) is 7.16. The molecule has 6 nitrogen and oxygen atoms in total. The molecule has 25 heavy (non-hydrogen) atoms. The predicted molar refractivity (Wildman–Crippen MR) is 97.4 cm³/mol. The third kappa shape index (κ3) is 5.66. The number of amides is 1. The Morgan fingerprint density at radius 1 is 1.24 bits per heavy atom. The molecule has 2 rings (SSSR count). The van der Waals surface area contributed by atoms with Gasteiger partial charge in [0.25, 0.3) is 5.91 Å². The summed E-state index contributed by atoms with van der Waals surface area (Å²) in [7, 11) is -3.37. The van der Waals surface area contributed by atoms with E-state index in [4.69, 9.17) is 4.74 Å². The Hall–Kier alpha value is -1.70. The van der Waals surface area contributed by atoms with E-state index in [9.17, 15) is 13.2 Å². The van der Waals surface area contributed by atoms with Crippen molar-refractivity contribution >= 4 is 15.9 Å². The average molecular weight is 366 g/mol. The molecule has 1 amide bonds. The molecule has 0 aliphatic carbocycles. The van der Waals surface area contributed by atoms with Crippen LogP contribution in [0, 0.1) is 0 Å². The van der Waals surface area contributed by atoms with E-state index >= 15 is 0 Å². The van der Waals surface area contributed by atoms with Crippen LogP contribution >= 0.6 is 0 Å². The number of ether oxygens (including phenoxy) is 1. The first kappa shape index (κ1) is 19.6. The fourth-order valence-electron chi connectivity index (χ4n) is 2.72. The summed E-state index contributed by atoms with van der Waals surface area (Å²) in [6.07, 6.45) is 1.92. The SMILES string of the molecule is C=CCCOC(C)C(=O)N1CCN(S(=O)(=O)Cc2ccccc2)CC1. The van der Waals surface area contributed by atoms with Gasteiger partial charge in [0.1, 0.15) is 6.10 Å². The van der Waals surface area contributed by atoms with Gasteiger partial charge in [0.05, 0.1) is 12.4 Å². The highest BCUT2D eigenvalue weighted by atomic mass is 32.2. The Balaban J connectivity index is 1.86. The van der Waals surface area contributed by atoms with Crippen molar-refractivity contribution in [3.05, 3.63) is 48.6 Å². The third-order valence-corrected chi connectivity index (χ3v) is 6.02. The van der Waals surface area contributed by atoms with Gasteiger partial charge in [0.2, 0.25) is 10.0 Å². The number of benzene rings is 1. The van der Waals surface area contributed by atoms with E-state index in [2.05, 4.69) is 6.58 Å². The van der Waals surface area contributed by atoms with Gasteiger partial charge < -0.3 is 9.64 Å². The quantitative estimate of drug-likeness (QED) is 0.518. The first-order valence-corrected chi connectivity index (χ1v) is 10.1. The number of sulfonamides is 1. The lowest BCUT2D eigenvalue weighted by molar-refractivity contribution is -0.143. The molecule has 138 valence electrons. The minimum Gasteiger partial charge on any atom is -0.368 e. The molecule has 0 N–H and O–H groups in total. The fourth-order valence-corrected chi connectivity index (χ4v) is 4.24. The van der Waals surface area contributed by atoms with E-state index in [-0.39, 0.29) is 11.7 Å². The summed E-state index contributed by atoms with van der Waals surface area (Å²) >= 11 is 0. The van der Waals surface area contributed by atoms with Crippen molar-refractivity contribution in [2.75, 3.05) is 32.8 Å². The summed E-state index contributed by atoms with van der Waals surface area (Å²) in [6.45, 7) is 7.22. The molecule has 0 spiro atoms. The van der Waals surface area contributed by atoms with Gasteiger partial charge in [-0.05, 0) is 18.9 Å². The number of piperazine rings is 1. The summed E-state index contributed by atoms with van der Waals surface area (Å²) < 4.78 is 32.0. The van der Waals surface area contributed by atoms with E-state index in [0.717, 1.165) is 5.56 Å². The first-order chi connectivity index (χ1) is 11.9. The third-order valence-electron chi connectivity index (χ3n) is 4.17. The van der Waals surface area contributed by atoms with Crippen molar-refractivity contribution in [2.45, 2.75) is 25.2 Å². The van der Waals surface area contributed by atoms with Crippen LogP contribution in [-0.4, -0.2) is 62.4 Å². The molecule has 1 aliphatic heterocycles. The fraction of sp³-hybridized carbons (Fsp3) is 0.500. The van der Waals surface area contributed by atoms with Crippen LogP contribution in [0.4, 0.5) is 0 Å². The Morgan fingerprint density at radius 3 is 2.48 bits per heavy atom.